The van der Waals surface area contributed by atoms with Crippen molar-refractivity contribution in [2.24, 2.45) is 5.92 Å². The lowest BCUT2D eigenvalue weighted by molar-refractivity contribution is -0.120. The molecule has 0 unspecified atom stereocenters. The molecule has 1 saturated heterocycles. The van der Waals surface area contributed by atoms with Crippen molar-refractivity contribution < 1.29 is 9.59 Å². The van der Waals surface area contributed by atoms with Crippen LogP contribution in [0.2, 0.25) is 0 Å². The Kier molecular flexibility index (Phi) is 6.85. The highest BCUT2D eigenvalue weighted by Gasteiger charge is 2.27. The average Bonchev–Trinajstić information content (AvgIpc) is 2.81. The summed E-state index contributed by atoms with van der Waals surface area (Å²) >= 11 is 1.61. The first-order valence-electron chi connectivity index (χ1n) is 10.7. The Labute approximate surface area is 192 Å². The third-order valence-corrected chi connectivity index (χ3v) is 6.57. The number of amides is 1. The first-order chi connectivity index (χ1) is 15.5. The Morgan fingerprint density at radius 3 is 2.47 bits per heavy atom. The zero-order valence-electron chi connectivity index (χ0n) is 18.2. The van der Waals surface area contributed by atoms with Crippen molar-refractivity contribution in [3.8, 4) is 0 Å². The normalized spacial score (nSPS) is 14.2. The van der Waals surface area contributed by atoms with Gasteiger partial charge in [0.05, 0.1) is 0 Å². The Hall–Kier alpha value is -3.19. The van der Waals surface area contributed by atoms with Crippen molar-refractivity contribution in [2.75, 3.05) is 23.3 Å². The summed E-state index contributed by atoms with van der Waals surface area (Å²) in [6.45, 7) is 5.08. The molecule has 1 aliphatic heterocycles. The molecule has 0 saturated carbocycles. The zero-order valence-corrected chi connectivity index (χ0v) is 19.1. The molecule has 1 N–H and O–H groups in total. The summed E-state index contributed by atoms with van der Waals surface area (Å²) in [6, 6.07) is 15.5. The van der Waals surface area contributed by atoms with Gasteiger partial charge in [-0.05, 0) is 51.0 Å². The van der Waals surface area contributed by atoms with Gasteiger partial charge in [0, 0.05) is 47.5 Å². The highest BCUT2D eigenvalue weighted by Crippen LogP contribution is 2.34. The fraction of sp³-hybridized carbons (Fsp3) is 0.280. The van der Waals surface area contributed by atoms with Crippen LogP contribution in [0.15, 0.2) is 70.8 Å². The van der Waals surface area contributed by atoms with E-state index in [0.717, 1.165) is 41.7 Å². The summed E-state index contributed by atoms with van der Waals surface area (Å²) in [6.07, 6.45) is 4.91. The van der Waals surface area contributed by atoms with E-state index in [2.05, 4.69) is 51.4 Å². The minimum atomic E-state index is -0.0721. The predicted octanol–water partition coefficient (Wildman–Crippen LogP) is 4.99. The van der Waals surface area contributed by atoms with Crippen LogP contribution < -0.4 is 10.2 Å². The quantitative estimate of drug-likeness (QED) is 0.538. The van der Waals surface area contributed by atoms with Crippen LogP contribution in [-0.4, -0.2) is 34.7 Å². The number of carbonyl (C=O) groups is 2. The summed E-state index contributed by atoms with van der Waals surface area (Å²) in [5.41, 5.74) is 2.48. The van der Waals surface area contributed by atoms with Crippen LogP contribution in [-0.2, 0) is 4.79 Å². The second-order valence-corrected chi connectivity index (χ2v) is 9.05. The molecule has 3 aromatic rings. The maximum atomic E-state index is 12.8. The van der Waals surface area contributed by atoms with Gasteiger partial charge in [-0.2, -0.15) is 0 Å². The van der Waals surface area contributed by atoms with E-state index >= 15 is 0 Å². The molecule has 7 heteroatoms. The minimum absolute atomic E-state index is 0.00116. The van der Waals surface area contributed by atoms with Crippen LogP contribution in [0.5, 0.6) is 0 Å². The smallest absolute Gasteiger partial charge is 0.227 e. The number of piperidine rings is 1. The summed E-state index contributed by atoms with van der Waals surface area (Å²) in [7, 11) is 0. The number of ketones is 1. The summed E-state index contributed by atoms with van der Waals surface area (Å²) in [5, 5.41) is 3.84. The second kappa shape index (κ2) is 9.96. The van der Waals surface area contributed by atoms with E-state index in [1.54, 1.807) is 42.4 Å². The fourth-order valence-corrected chi connectivity index (χ4v) is 4.62. The monoisotopic (exact) mass is 446 g/mol. The van der Waals surface area contributed by atoms with Gasteiger partial charge in [0.2, 0.25) is 5.91 Å². The summed E-state index contributed by atoms with van der Waals surface area (Å²) < 4.78 is 0. The van der Waals surface area contributed by atoms with E-state index in [1.807, 2.05) is 6.07 Å². The zero-order chi connectivity index (χ0) is 22.5. The van der Waals surface area contributed by atoms with E-state index in [9.17, 15) is 9.59 Å². The molecule has 1 fully saturated rings. The molecule has 2 heterocycles. The molecule has 164 valence electrons. The van der Waals surface area contributed by atoms with Crippen molar-refractivity contribution >= 4 is 35.0 Å². The van der Waals surface area contributed by atoms with Gasteiger partial charge in [-0.1, -0.05) is 41.6 Å². The van der Waals surface area contributed by atoms with Crippen LogP contribution >= 0.6 is 11.8 Å². The standard InChI is InChI=1S/C25H26N4O2S/c1-17-6-8-22(9-7-17)32-25-23(26-12-13-27-25)29-14-10-19(11-15-29)24(31)28-21-5-3-4-20(16-21)18(2)30/h3-9,12-13,16,19H,10-11,14-15H2,1-2H3,(H,28,31). The van der Waals surface area contributed by atoms with Crippen molar-refractivity contribution in [2.45, 2.75) is 36.6 Å². The molecule has 1 amide bonds. The number of hydrogen-bond acceptors (Lipinski definition) is 6. The Balaban J connectivity index is 1.38. The van der Waals surface area contributed by atoms with Crippen molar-refractivity contribution in [3.63, 3.8) is 0 Å². The molecule has 0 atom stereocenters. The molecule has 6 nitrogen and oxygen atoms in total. The maximum absolute atomic E-state index is 12.8. The molecule has 0 spiro atoms. The van der Waals surface area contributed by atoms with E-state index in [-0.39, 0.29) is 17.6 Å². The number of aromatic nitrogens is 2. The average molecular weight is 447 g/mol. The highest BCUT2D eigenvalue weighted by atomic mass is 32.2. The molecule has 0 radical (unpaired) electrons. The number of carbonyl (C=O) groups excluding carboxylic acids is 2. The number of nitrogens with one attached hydrogen (secondary N) is 1. The molecule has 4 rings (SSSR count). The number of hydrogen-bond donors (Lipinski definition) is 1. The number of aryl methyl sites for hydroxylation is 1. The van der Waals surface area contributed by atoms with Gasteiger partial charge in [-0.25, -0.2) is 9.97 Å². The summed E-state index contributed by atoms with van der Waals surface area (Å²) in [5.74, 6) is 0.777. The maximum Gasteiger partial charge on any atom is 0.227 e. The van der Waals surface area contributed by atoms with Crippen LogP contribution in [0.3, 0.4) is 0 Å². The molecular formula is C25H26N4O2S. The lowest BCUT2D eigenvalue weighted by Crippen LogP contribution is -2.38. The van der Waals surface area contributed by atoms with E-state index in [4.69, 9.17) is 0 Å². The van der Waals surface area contributed by atoms with Crippen LogP contribution in [0.4, 0.5) is 11.5 Å². The van der Waals surface area contributed by atoms with Crippen molar-refractivity contribution in [1.29, 1.82) is 0 Å². The van der Waals surface area contributed by atoms with Crippen molar-refractivity contribution in [3.05, 3.63) is 72.1 Å². The fourth-order valence-electron chi connectivity index (χ4n) is 3.74. The first-order valence-corrected chi connectivity index (χ1v) is 11.5. The Bertz CT molecular complexity index is 1110. The lowest BCUT2D eigenvalue weighted by atomic mass is 9.95. The van der Waals surface area contributed by atoms with Gasteiger partial charge in [0.15, 0.2) is 11.6 Å². The molecule has 1 aliphatic rings. The number of Topliss-reactive ketones (excluding diaryl/α,β-unsaturated/α-hetero) is 1. The van der Waals surface area contributed by atoms with Crippen LogP contribution in [0.1, 0.15) is 35.7 Å². The first kappa shape index (κ1) is 22.0. The van der Waals surface area contributed by atoms with E-state index in [1.165, 1.54) is 12.5 Å². The highest BCUT2D eigenvalue weighted by molar-refractivity contribution is 7.99. The van der Waals surface area contributed by atoms with Gasteiger partial charge < -0.3 is 10.2 Å². The number of benzene rings is 2. The molecule has 0 bridgehead atoms. The van der Waals surface area contributed by atoms with Gasteiger partial charge in [0.25, 0.3) is 0 Å². The second-order valence-electron chi connectivity index (χ2n) is 7.99. The third-order valence-electron chi connectivity index (χ3n) is 5.58. The van der Waals surface area contributed by atoms with Gasteiger partial charge >= 0.3 is 0 Å². The Morgan fingerprint density at radius 1 is 1.03 bits per heavy atom. The van der Waals surface area contributed by atoms with Gasteiger partial charge in [0.1, 0.15) is 5.03 Å². The molecular weight excluding hydrogens is 420 g/mol. The van der Waals surface area contributed by atoms with E-state index < -0.39 is 0 Å². The van der Waals surface area contributed by atoms with Gasteiger partial charge in [-0.15, -0.1) is 0 Å². The molecule has 1 aromatic heterocycles. The largest absolute Gasteiger partial charge is 0.354 e. The topological polar surface area (TPSA) is 75.2 Å². The summed E-state index contributed by atoms with van der Waals surface area (Å²) in [4.78, 5) is 36.8. The minimum Gasteiger partial charge on any atom is -0.354 e. The Morgan fingerprint density at radius 2 is 1.75 bits per heavy atom. The third kappa shape index (κ3) is 5.34. The number of rotatable bonds is 6. The molecule has 0 aliphatic carbocycles. The van der Waals surface area contributed by atoms with Crippen LogP contribution in [0, 0.1) is 12.8 Å². The predicted molar refractivity (Wildman–Crippen MR) is 127 cm³/mol. The molecule has 2 aromatic carbocycles. The van der Waals surface area contributed by atoms with E-state index in [0.29, 0.717) is 11.3 Å². The SMILES string of the molecule is CC(=O)c1cccc(NC(=O)C2CCN(c3nccnc3Sc3ccc(C)cc3)CC2)c1. The molecule has 32 heavy (non-hydrogen) atoms. The van der Waals surface area contributed by atoms with Crippen LogP contribution in [0.25, 0.3) is 0 Å². The number of anilines is 2. The van der Waals surface area contributed by atoms with Gasteiger partial charge in [-0.3, -0.25) is 9.59 Å². The lowest BCUT2D eigenvalue weighted by Gasteiger charge is -2.32. The number of nitrogens with zero attached hydrogens (tertiary/aromatic N) is 3. The van der Waals surface area contributed by atoms with Crippen molar-refractivity contribution in [1.82, 2.24) is 9.97 Å².